The lowest BCUT2D eigenvalue weighted by Crippen LogP contribution is -2.38. The van der Waals surface area contributed by atoms with E-state index < -0.39 is 0 Å². The molecule has 0 saturated carbocycles. The fourth-order valence-electron chi connectivity index (χ4n) is 2.64. The minimum Gasteiger partial charge on any atom is -0.497 e. The summed E-state index contributed by atoms with van der Waals surface area (Å²) < 4.78 is 15.4. The zero-order valence-corrected chi connectivity index (χ0v) is 16.9. The lowest BCUT2D eigenvalue weighted by molar-refractivity contribution is -0.142. The molecule has 27 heavy (non-hydrogen) atoms. The average molecular weight is 380 g/mol. The van der Waals surface area contributed by atoms with Gasteiger partial charge in [-0.05, 0) is 38.2 Å². The number of carbonyl (C=O) groups excluding carboxylic acids is 2. The fourth-order valence-corrected chi connectivity index (χ4v) is 2.64. The van der Waals surface area contributed by atoms with Crippen LogP contribution in [-0.4, -0.2) is 75.2 Å². The van der Waals surface area contributed by atoms with Crippen LogP contribution in [0.25, 0.3) is 0 Å². The van der Waals surface area contributed by atoms with Gasteiger partial charge in [-0.15, -0.1) is 0 Å². The van der Waals surface area contributed by atoms with Crippen molar-refractivity contribution in [3.63, 3.8) is 0 Å². The van der Waals surface area contributed by atoms with Crippen LogP contribution in [0.5, 0.6) is 11.5 Å². The number of benzene rings is 1. The van der Waals surface area contributed by atoms with Crippen LogP contribution in [0, 0.1) is 0 Å². The number of ether oxygens (including phenoxy) is 3. The summed E-state index contributed by atoms with van der Waals surface area (Å²) >= 11 is 0. The Morgan fingerprint density at radius 2 is 1.70 bits per heavy atom. The molecule has 0 fully saturated rings. The molecule has 0 aromatic heterocycles. The quantitative estimate of drug-likeness (QED) is 0.489. The third-order valence-electron chi connectivity index (χ3n) is 4.37. The number of carbonyl (C=O) groups is 2. The van der Waals surface area contributed by atoms with E-state index in [0.717, 1.165) is 26.1 Å². The molecule has 0 bridgehead atoms. The maximum atomic E-state index is 12.6. The highest BCUT2D eigenvalue weighted by atomic mass is 16.5. The highest BCUT2D eigenvalue weighted by Crippen LogP contribution is 2.18. The lowest BCUT2D eigenvalue weighted by Gasteiger charge is -2.24. The van der Waals surface area contributed by atoms with Crippen molar-refractivity contribution in [3.05, 3.63) is 24.3 Å². The maximum Gasteiger partial charge on any atom is 0.307 e. The van der Waals surface area contributed by atoms with Gasteiger partial charge in [-0.2, -0.15) is 0 Å². The predicted molar refractivity (Wildman–Crippen MR) is 104 cm³/mol. The number of esters is 1. The highest BCUT2D eigenvalue weighted by Gasteiger charge is 2.16. The van der Waals surface area contributed by atoms with Crippen molar-refractivity contribution in [2.24, 2.45) is 0 Å². The minimum absolute atomic E-state index is 0.0837. The van der Waals surface area contributed by atoms with E-state index in [1.807, 2.05) is 6.07 Å². The Morgan fingerprint density at radius 1 is 1.00 bits per heavy atom. The van der Waals surface area contributed by atoms with E-state index in [1.54, 1.807) is 30.2 Å². The van der Waals surface area contributed by atoms with E-state index >= 15 is 0 Å². The molecule has 1 aromatic rings. The minimum atomic E-state index is -0.328. The van der Waals surface area contributed by atoms with Crippen molar-refractivity contribution < 1.29 is 23.8 Å². The molecule has 0 N–H and O–H groups in total. The Kier molecular flexibility index (Phi) is 10.9. The summed E-state index contributed by atoms with van der Waals surface area (Å²) in [7, 11) is 2.93. The number of methoxy groups -OCH3 is 2. The van der Waals surface area contributed by atoms with Crippen LogP contribution in [0.1, 0.15) is 26.7 Å². The second-order valence-corrected chi connectivity index (χ2v) is 6.06. The molecule has 1 aromatic carbocycles. The molecule has 152 valence electrons. The molecule has 0 atom stereocenters. The molecule has 0 spiro atoms. The van der Waals surface area contributed by atoms with Crippen LogP contribution >= 0.6 is 0 Å². The molecule has 0 saturated heterocycles. The van der Waals surface area contributed by atoms with Crippen LogP contribution in [0.2, 0.25) is 0 Å². The SMILES string of the molecule is CCN(CC)CCCN(CCC(=O)OC)C(=O)COc1cccc(OC)c1. The number of nitrogens with zero attached hydrogens (tertiary/aromatic N) is 2. The third-order valence-corrected chi connectivity index (χ3v) is 4.37. The molecule has 7 heteroatoms. The molecular formula is C20H32N2O5. The third kappa shape index (κ3) is 8.77. The Balaban J connectivity index is 2.59. The molecule has 0 aliphatic heterocycles. The first-order valence-electron chi connectivity index (χ1n) is 9.37. The summed E-state index contributed by atoms with van der Waals surface area (Å²) in [5, 5.41) is 0. The zero-order chi connectivity index (χ0) is 20.1. The van der Waals surface area contributed by atoms with Gasteiger partial charge in [0.2, 0.25) is 0 Å². The molecular weight excluding hydrogens is 348 g/mol. The van der Waals surface area contributed by atoms with Crippen LogP contribution in [0.4, 0.5) is 0 Å². The maximum absolute atomic E-state index is 12.6. The van der Waals surface area contributed by atoms with Crippen LogP contribution in [0.3, 0.4) is 0 Å². The van der Waals surface area contributed by atoms with E-state index in [-0.39, 0.29) is 24.9 Å². The first-order chi connectivity index (χ1) is 13.0. The molecule has 0 aliphatic carbocycles. The van der Waals surface area contributed by atoms with Crippen molar-refractivity contribution in [2.45, 2.75) is 26.7 Å². The second-order valence-electron chi connectivity index (χ2n) is 6.06. The van der Waals surface area contributed by atoms with E-state index in [0.29, 0.717) is 24.6 Å². The Morgan fingerprint density at radius 3 is 2.33 bits per heavy atom. The van der Waals surface area contributed by atoms with Gasteiger partial charge < -0.3 is 24.0 Å². The summed E-state index contributed by atoms with van der Waals surface area (Å²) in [6.07, 6.45) is 1.01. The number of rotatable bonds is 13. The topological polar surface area (TPSA) is 68.3 Å². The number of hydrogen-bond donors (Lipinski definition) is 0. The van der Waals surface area contributed by atoms with Crippen molar-refractivity contribution >= 4 is 11.9 Å². The number of amides is 1. The summed E-state index contributed by atoms with van der Waals surface area (Å²) in [5.74, 6) is 0.756. The molecule has 0 aliphatic rings. The van der Waals surface area contributed by atoms with Crippen LogP contribution in [0.15, 0.2) is 24.3 Å². The average Bonchev–Trinajstić information content (AvgIpc) is 2.71. The molecule has 1 rings (SSSR count). The van der Waals surface area contributed by atoms with Gasteiger partial charge in [0.15, 0.2) is 6.61 Å². The fraction of sp³-hybridized carbons (Fsp3) is 0.600. The Bertz CT molecular complexity index is 575. The highest BCUT2D eigenvalue weighted by molar-refractivity contribution is 5.78. The molecule has 1 amide bonds. The Labute approximate surface area is 162 Å². The predicted octanol–water partition coefficient (Wildman–Crippen LogP) is 2.20. The summed E-state index contributed by atoms with van der Waals surface area (Å²) in [6, 6.07) is 7.11. The summed E-state index contributed by atoms with van der Waals surface area (Å²) in [5.41, 5.74) is 0. The summed E-state index contributed by atoms with van der Waals surface area (Å²) in [6.45, 7) is 7.92. The van der Waals surface area contributed by atoms with Crippen molar-refractivity contribution in [2.75, 3.05) is 53.6 Å². The molecule has 0 heterocycles. The van der Waals surface area contributed by atoms with E-state index in [4.69, 9.17) is 9.47 Å². The van der Waals surface area contributed by atoms with Gasteiger partial charge in [-0.25, -0.2) is 0 Å². The van der Waals surface area contributed by atoms with E-state index in [9.17, 15) is 9.59 Å². The van der Waals surface area contributed by atoms with Gasteiger partial charge in [0.05, 0.1) is 20.6 Å². The van der Waals surface area contributed by atoms with Gasteiger partial charge >= 0.3 is 5.97 Å². The van der Waals surface area contributed by atoms with Crippen molar-refractivity contribution in [1.29, 1.82) is 0 Å². The molecule has 0 unspecified atom stereocenters. The normalized spacial score (nSPS) is 10.6. The first kappa shape index (κ1) is 22.8. The van der Waals surface area contributed by atoms with Crippen LogP contribution < -0.4 is 9.47 Å². The van der Waals surface area contributed by atoms with E-state index in [1.165, 1.54) is 7.11 Å². The Hall–Kier alpha value is -2.28. The van der Waals surface area contributed by atoms with Crippen LogP contribution in [-0.2, 0) is 14.3 Å². The lowest BCUT2D eigenvalue weighted by atomic mass is 10.3. The summed E-state index contributed by atoms with van der Waals surface area (Å²) in [4.78, 5) is 28.0. The standard InChI is InChI=1S/C20H32N2O5/c1-5-21(6-2)12-8-13-22(14-11-20(24)26-4)19(23)16-27-18-10-7-9-17(15-18)25-3/h7,9-10,15H,5-6,8,11-14,16H2,1-4H3. The van der Waals surface area contributed by atoms with Gasteiger partial charge in [0.1, 0.15) is 11.5 Å². The van der Waals surface area contributed by atoms with Crippen molar-refractivity contribution in [3.8, 4) is 11.5 Å². The number of hydrogen-bond acceptors (Lipinski definition) is 6. The van der Waals surface area contributed by atoms with E-state index in [2.05, 4.69) is 23.5 Å². The van der Waals surface area contributed by atoms with Gasteiger partial charge in [-0.3, -0.25) is 9.59 Å². The first-order valence-corrected chi connectivity index (χ1v) is 9.37. The smallest absolute Gasteiger partial charge is 0.307 e. The second kappa shape index (κ2) is 13.0. The molecule has 0 radical (unpaired) electrons. The van der Waals surface area contributed by atoms with Gasteiger partial charge in [0, 0.05) is 19.2 Å². The molecule has 7 nitrogen and oxygen atoms in total. The van der Waals surface area contributed by atoms with Gasteiger partial charge in [-0.1, -0.05) is 19.9 Å². The zero-order valence-electron chi connectivity index (χ0n) is 16.9. The van der Waals surface area contributed by atoms with Crippen molar-refractivity contribution in [1.82, 2.24) is 9.80 Å². The largest absolute Gasteiger partial charge is 0.497 e. The van der Waals surface area contributed by atoms with Gasteiger partial charge in [0.25, 0.3) is 5.91 Å². The monoisotopic (exact) mass is 380 g/mol.